The maximum atomic E-state index is 5.17. The summed E-state index contributed by atoms with van der Waals surface area (Å²) < 4.78 is 5.17. The molecule has 19 heavy (non-hydrogen) atoms. The van der Waals surface area contributed by atoms with Gasteiger partial charge in [-0.1, -0.05) is 6.42 Å². The Morgan fingerprint density at radius 3 is 3.00 bits per heavy atom. The molecule has 1 aliphatic rings. The molecule has 1 N–H and O–H groups in total. The molecule has 2 heterocycles. The third-order valence-electron chi connectivity index (χ3n) is 3.98. The molecule has 0 amide bonds. The normalized spacial score (nSPS) is 16.9. The molecule has 3 rings (SSSR count). The van der Waals surface area contributed by atoms with Gasteiger partial charge in [0.2, 0.25) is 0 Å². The minimum absolute atomic E-state index is 0.412. The summed E-state index contributed by atoms with van der Waals surface area (Å²) in [6, 6.07) is 4.91. The topological polar surface area (TPSA) is 25.2 Å². The molecule has 1 unspecified atom stereocenters. The molecule has 1 atom stereocenters. The summed E-state index contributed by atoms with van der Waals surface area (Å²) in [4.78, 5) is 3.11. The number of furan rings is 1. The lowest BCUT2D eigenvalue weighted by Crippen LogP contribution is -2.17. The first-order valence-corrected chi connectivity index (χ1v) is 7.98. The van der Waals surface area contributed by atoms with Crippen LogP contribution < -0.4 is 5.32 Å². The van der Waals surface area contributed by atoms with Crippen molar-refractivity contribution in [1.82, 2.24) is 5.32 Å². The van der Waals surface area contributed by atoms with E-state index in [2.05, 4.69) is 24.5 Å². The van der Waals surface area contributed by atoms with E-state index < -0.39 is 0 Å². The smallest absolute Gasteiger partial charge is 0.0935 e. The van der Waals surface area contributed by atoms with Crippen molar-refractivity contribution in [1.29, 1.82) is 0 Å². The number of rotatable bonds is 4. The molecule has 0 aromatic carbocycles. The Kier molecular flexibility index (Phi) is 4.04. The van der Waals surface area contributed by atoms with E-state index in [1.165, 1.54) is 42.5 Å². The van der Waals surface area contributed by atoms with Crippen LogP contribution in [0.2, 0.25) is 0 Å². The first kappa shape index (κ1) is 12.9. The number of fused-ring (bicyclic) bond motifs is 1. The predicted octanol–water partition coefficient (Wildman–Crippen LogP) is 4.11. The van der Waals surface area contributed by atoms with E-state index >= 15 is 0 Å². The van der Waals surface area contributed by atoms with Gasteiger partial charge in [0.15, 0.2) is 0 Å². The maximum absolute atomic E-state index is 5.17. The van der Waals surface area contributed by atoms with Gasteiger partial charge in [0, 0.05) is 15.8 Å². The zero-order valence-electron chi connectivity index (χ0n) is 11.4. The SMILES string of the molecule is CNC(Cc1ccoc1)c1cc2c(s1)CCCCC2. The Balaban J connectivity index is 1.79. The minimum atomic E-state index is 0.412. The standard InChI is InChI=1S/C16H21NOS/c1-17-14(9-12-7-8-18-11-12)16-10-13-5-3-2-4-6-15(13)19-16/h7-8,10-11,14,17H,2-6,9H2,1H3. The molecule has 0 spiro atoms. The van der Waals surface area contributed by atoms with Gasteiger partial charge in [-0.3, -0.25) is 0 Å². The highest BCUT2D eigenvalue weighted by atomic mass is 32.1. The second-order valence-corrected chi connectivity index (χ2v) is 6.50. The van der Waals surface area contributed by atoms with Crippen molar-refractivity contribution >= 4 is 11.3 Å². The third-order valence-corrected chi connectivity index (χ3v) is 5.33. The van der Waals surface area contributed by atoms with Crippen molar-refractivity contribution in [2.24, 2.45) is 0 Å². The number of hydrogen-bond acceptors (Lipinski definition) is 3. The molecule has 1 aliphatic carbocycles. The summed E-state index contributed by atoms with van der Waals surface area (Å²) in [5.41, 5.74) is 2.87. The number of aryl methyl sites for hydroxylation is 2. The van der Waals surface area contributed by atoms with E-state index in [0.717, 1.165) is 6.42 Å². The van der Waals surface area contributed by atoms with E-state index in [-0.39, 0.29) is 0 Å². The highest BCUT2D eigenvalue weighted by Gasteiger charge is 2.18. The van der Waals surface area contributed by atoms with Crippen LogP contribution in [0, 0.1) is 0 Å². The van der Waals surface area contributed by atoms with Crippen molar-refractivity contribution in [2.45, 2.75) is 44.6 Å². The molecule has 0 fully saturated rings. The highest BCUT2D eigenvalue weighted by molar-refractivity contribution is 7.12. The van der Waals surface area contributed by atoms with E-state index in [4.69, 9.17) is 4.42 Å². The second kappa shape index (κ2) is 5.93. The average molecular weight is 275 g/mol. The summed E-state index contributed by atoms with van der Waals surface area (Å²) in [7, 11) is 2.05. The molecule has 0 aliphatic heterocycles. The van der Waals surface area contributed by atoms with Gasteiger partial charge >= 0.3 is 0 Å². The van der Waals surface area contributed by atoms with Crippen LogP contribution in [0.15, 0.2) is 29.1 Å². The minimum Gasteiger partial charge on any atom is -0.472 e. The lowest BCUT2D eigenvalue weighted by Gasteiger charge is -2.13. The molecule has 0 saturated heterocycles. The molecule has 0 bridgehead atoms. The van der Waals surface area contributed by atoms with Gasteiger partial charge in [0.25, 0.3) is 0 Å². The number of nitrogens with one attached hydrogen (secondary N) is 1. The molecule has 2 aromatic heterocycles. The van der Waals surface area contributed by atoms with Gasteiger partial charge < -0.3 is 9.73 Å². The first-order valence-electron chi connectivity index (χ1n) is 7.16. The lowest BCUT2D eigenvalue weighted by molar-refractivity contribution is 0.553. The van der Waals surface area contributed by atoms with E-state index in [0.29, 0.717) is 6.04 Å². The van der Waals surface area contributed by atoms with Crippen molar-refractivity contribution in [3.63, 3.8) is 0 Å². The predicted molar refractivity (Wildman–Crippen MR) is 79.8 cm³/mol. The van der Waals surface area contributed by atoms with Crippen LogP contribution in [0.5, 0.6) is 0 Å². The van der Waals surface area contributed by atoms with Gasteiger partial charge in [0.05, 0.1) is 12.5 Å². The summed E-state index contributed by atoms with van der Waals surface area (Å²) >= 11 is 2.01. The molecular formula is C16H21NOS. The van der Waals surface area contributed by atoms with E-state index in [9.17, 15) is 0 Å². The van der Waals surface area contributed by atoms with Crippen LogP contribution in [0.3, 0.4) is 0 Å². The fourth-order valence-corrected chi connectivity index (χ4v) is 4.22. The van der Waals surface area contributed by atoms with Crippen LogP contribution in [-0.2, 0) is 19.3 Å². The Hall–Kier alpha value is -1.06. The summed E-state index contributed by atoms with van der Waals surface area (Å²) in [5.74, 6) is 0. The Labute approximate surface area is 118 Å². The molecule has 3 heteroatoms. The summed E-state index contributed by atoms with van der Waals surface area (Å²) in [5, 5.41) is 3.45. The van der Waals surface area contributed by atoms with Gasteiger partial charge in [-0.15, -0.1) is 11.3 Å². The Morgan fingerprint density at radius 1 is 1.32 bits per heavy atom. The summed E-state index contributed by atoms with van der Waals surface area (Å²) in [6.07, 6.45) is 11.3. The second-order valence-electron chi connectivity index (χ2n) is 5.33. The number of hydrogen-bond donors (Lipinski definition) is 1. The zero-order chi connectivity index (χ0) is 13.1. The van der Waals surface area contributed by atoms with Crippen molar-refractivity contribution in [3.05, 3.63) is 45.5 Å². The largest absolute Gasteiger partial charge is 0.472 e. The zero-order valence-corrected chi connectivity index (χ0v) is 12.3. The Bertz CT molecular complexity index is 491. The maximum Gasteiger partial charge on any atom is 0.0935 e. The fraction of sp³-hybridized carbons (Fsp3) is 0.500. The van der Waals surface area contributed by atoms with Gasteiger partial charge in [-0.25, -0.2) is 0 Å². The average Bonchev–Trinajstić information content (AvgIpc) is 3.02. The van der Waals surface area contributed by atoms with Crippen LogP contribution in [0.25, 0.3) is 0 Å². The first-order chi connectivity index (χ1) is 9.36. The van der Waals surface area contributed by atoms with E-state index in [1.54, 1.807) is 16.7 Å². The number of thiophene rings is 1. The molecular weight excluding hydrogens is 254 g/mol. The molecule has 102 valence electrons. The fourth-order valence-electron chi connectivity index (χ4n) is 2.85. The van der Waals surface area contributed by atoms with Crippen molar-refractivity contribution in [3.8, 4) is 0 Å². The van der Waals surface area contributed by atoms with Gasteiger partial charge in [-0.2, -0.15) is 0 Å². The van der Waals surface area contributed by atoms with Crippen molar-refractivity contribution < 1.29 is 4.42 Å². The lowest BCUT2D eigenvalue weighted by atomic mass is 10.1. The summed E-state index contributed by atoms with van der Waals surface area (Å²) in [6.45, 7) is 0. The van der Waals surface area contributed by atoms with Crippen molar-refractivity contribution in [2.75, 3.05) is 7.05 Å². The molecule has 2 nitrogen and oxygen atoms in total. The van der Waals surface area contributed by atoms with Crippen LogP contribution in [-0.4, -0.2) is 7.05 Å². The molecule has 0 saturated carbocycles. The van der Waals surface area contributed by atoms with E-state index in [1.807, 2.05) is 17.6 Å². The highest BCUT2D eigenvalue weighted by Crippen LogP contribution is 2.33. The molecule has 2 aromatic rings. The van der Waals surface area contributed by atoms with Crippen LogP contribution in [0.4, 0.5) is 0 Å². The van der Waals surface area contributed by atoms with Gasteiger partial charge in [-0.05, 0) is 62.4 Å². The van der Waals surface area contributed by atoms with Gasteiger partial charge in [0.1, 0.15) is 0 Å². The van der Waals surface area contributed by atoms with Crippen LogP contribution >= 0.6 is 11.3 Å². The number of likely N-dealkylation sites (N-methyl/N-ethyl adjacent to an activating group) is 1. The molecule has 0 radical (unpaired) electrons. The quantitative estimate of drug-likeness (QED) is 0.849. The monoisotopic (exact) mass is 275 g/mol. The Morgan fingerprint density at radius 2 is 2.21 bits per heavy atom. The van der Waals surface area contributed by atoms with Crippen LogP contribution in [0.1, 0.15) is 46.2 Å². The third kappa shape index (κ3) is 2.93.